The van der Waals surface area contributed by atoms with E-state index in [1.807, 2.05) is 17.0 Å². The molecule has 0 N–H and O–H groups in total. The highest BCUT2D eigenvalue weighted by atomic mass is 19.4. The van der Waals surface area contributed by atoms with Crippen molar-refractivity contribution in [3.05, 3.63) is 89.2 Å². The summed E-state index contributed by atoms with van der Waals surface area (Å²) in [5.74, 6) is 6.43. The van der Waals surface area contributed by atoms with Crippen LogP contribution in [0.3, 0.4) is 0 Å². The Labute approximate surface area is 195 Å². The zero-order valence-corrected chi connectivity index (χ0v) is 18.5. The van der Waals surface area contributed by atoms with Gasteiger partial charge in [0.15, 0.2) is 0 Å². The zero-order chi connectivity index (χ0) is 24.1. The van der Waals surface area contributed by atoms with Crippen LogP contribution < -0.4 is 9.64 Å². The van der Waals surface area contributed by atoms with Gasteiger partial charge in [0.05, 0.1) is 18.2 Å². The highest BCUT2D eigenvalue weighted by Crippen LogP contribution is 2.31. The Bertz CT molecular complexity index is 1210. The van der Waals surface area contributed by atoms with Gasteiger partial charge in [0.25, 0.3) is 5.91 Å². The number of rotatable bonds is 3. The van der Waals surface area contributed by atoms with E-state index in [1.54, 1.807) is 42.5 Å². The van der Waals surface area contributed by atoms with Crippen LogP contribution in [0.1, 0.15) is 27.2 Å². The summed E-state index contributed by atoms with van der Waals surface area (Å²) < 4.78 is 43.8. The third-order valence-corrected chi connectivity index (χ3v) is 5.56. The molecule has 3 aromatic rings. The molecule has 0 aliphatic carbocycles. The quantitative estimate of drug-likeness (QED) is 0.536. The van der Waals surface area contributed by atoms with Gasteiger partial charge in [0, 0.05) is 43.6 Å². The number of nitrogens with zero attached hydrogens (tertiary/aromatic N) is 3. The predicted molar refractivity (Wildman–Crippen MR) is 123 cm³/mol. The second kappa shape index (κ2) is 9.87. The van der Waals surface area contributed by atoms with Crippen molar-refractivity contribution in [1.82, 2.24) is 9.88 Å². The topological polar surface area (TPSA) is 45.7 Å². The van der Waals surface area contributed by atoms with Crippen molar-refractivity contribution in [3.63, 3.8) is 0 Å². The summed E-state index contributed by atoms with van der Waals surface area (Å²) in [5, 5.41) is 0. The average molecular weight is 465 g/mol. The lowest BCUT2D eigenvalue weighted by Crippen LogP contribution is -2.48. The Kier molecular flexibility index (Phi) is 6.73. The largest absolute Gasteiger partial charge is 0.495 e. The van der Waals surface area contributed by atoms with Gasteiger partial charge in [-0.2, -0.15) is 13.2 Å². The summed E-state index contributed by atoms with van der Waals surface area (Å²) in [5.41, 5.74) is 1.72. The van der Waals surface area contributed by atoms with Gasteiger partial charge in [-0.3, -0.25) is 4.79 Å². The van der Waals surface area contributed by atoms with Crippen molar-refractivity contribution in [2.45, 2.75) is 6.18 Å². The highest BCUT2D eigenvalue weighted by Gasteiger charge is 2.30. The van der Waals surface area contributed by atoms with Crippen LogP contribution in [-0.4, -0.2) is 49.1 Å². The van der Waals surface area contributed by atoms with Gasteiger partial charge in [-0.15, -0.1) is 0 Å². The minimum absolute atomic E-state index is 0.129. The Hall–Kier alpha value is -3.99. The fourth-order valence-corrected chi connectivity index (χ4v) is 3.72. The number of aromatic nitrogens is 1. The van der Waals surface area contributed by atoms with Crippen LogP contribution in [0.25, 0.3) is 0 Å². The number of benzene rings is 2. The maximum Gasteiger partial charge on any atom is 0.416 e. The molecule has 0 spiro atoms. The van der Waals surface area contributed by atoms with E-state index in [0.29, 0.717) is 54.4 Å². The van der Waals surface area contributed by atoms with E-state index in [1.165, 1.54) is 12.1 Å². The average Bonchev–Trinajstić information content (AvgIpc) is 2.87. The first kappa shape index (κ1) is 23.2. The second-order valence-electron chi connectivity index (χ2n) is 7.70. The first-order valence-corrected chi connectivity index (χ1v) is 10.7. The number of alkyl halides is 3. The molecule has 2 heterocycles. The second-order valence-corrected chi connectivity index (χ2v) is 7.70. The fraction of sp³-hybridized carbons (Fsp3) is 0.231. The number of methoxy groups -OCH3 is 1. The van der Waals surface area contributed by atoms with Crippen molar-refractivity contribution in [1.29, 1.82) is 0 Å². The molecule has 0 bridgehead atoms. The molecule has 174 valence electrons. The van der Waals surface area contributed by atoms with Crippen molar-refractivity contribution < 1.29 is 22.7 Å². The molecule has 1 fully saturated rings. The van der Waals surface area contributed by atoms with Crippen LogP contribution in [0.2, 0.25) is 0 Å². The Morgan fingerprint density at radius 1 is 0.971 bits per heavy atom. The number of hydrogen-bond acceptors (Lipinski definition) is 4. The molecular formula is C26H22F3N3O2. The minimum Gasteiger partial charge on any atom is -0.495 e. The number of anilines is 1. The molecule has 1 aliphatic heterocycles. The summed E-state index contributed by atoms with van der Waals surface area (Å²) in [6.45, 7) is 1.97. The van der Waals surface area contributed by atoms with Gasteiger partial charge in [0.1, 0.15) is 11.4 Å². The van der Waals surface area contributed by atoms with Gasteiger partial charge < -0.3 is 14.5 Å². The lowest BCUT2D eigenvalue weighted by Gasteiger charge is -2.36. The lowest BCUT2D eigenvalue weighted by atomic mass is 10.1. The fourth-order valence-electron chi connectivity index (χ4n) is 3.72. The number of amides is 1. The smallest absolute Gasteiger partial charge is 0.416 e. The van der Waals surface area contributed by atoms with Crippen molar-refractivity contribution in [2.75, 3.05) is 38.2 Å². The molecule has 1 amide bonds. The molecule has 0 radical (unpaired) electrons. The number of piperazine rings is 1. The summed E-state index contributed by atoms with van der Waals surface area (Å²) >= 11 is 0. The number of carbonyl (C=O) groups is 1. The molecule has 4 rings (SSSR count). The molecule has 1 aromatic heterocycles. The van der Waals surface area contributed by atoms with Crippen LogP contribution in [0.15, 0.2) is 66.9 Å². The zero-order valence-electron chi connectivity index (χ0n) is 18.5. The van der Waals surface area contributed by atoms with E-state index in [0.717, 1.165) is 12.1 Å². The monoisotopic (exact) mass is 465 g/mol. The van der Waals surface area contributed by atoms with E-state index < -0.39 is 11.7 Å². The first-order valence-electron chi connectivity index (χ1n) is 10.7. The van der Waals surface area contributed by atoms with E-state index in [9.17, 15) is 18.0 Å². The van der Waals surface area contributed by atoms with Crippen LogP contribution in [0, 0.1) is 11.8 Å². The normalized spacial score (nSPS) is 13.8. The van der Waals surface area contributed by atoms with Crippen LogP contribution in [0.4, 0.5) is 18.9 Å². The SMILES string of the molecule is COc1ccc(C(=O)N2CCN(c3ccc(C(F)(F)F)cc3)CC2)cc1C#Cc1ccccn1. The van der Waals surface area contributed by atoms with Crippen LogP contribution >= 0.6 is 0 Å². The van der Waals surface area contributed by atoms with Crippen LogP contribution in [-0.2, 0) is 6.18 Å². The maximum atomic E-state index is 13.1. The van der Waals surface area contributed by atoms with Gasteiger partial charge in [-0.05, 0) is 60.5 Å². The molecule has 2 aromatic carbocycles. The summed E-state index contributed by atoms with van der Waals surface area (Å²) in [7, 11) is 1.54. The molecule has 5 nitrogen and oxygen atoms in total. The molecule has 0 unspecified atom stereocenters. The molecule has 0 saturated carbocycles. The predicted octanol–water partition coefficient (Wildman–Crippen LogP) is 4.47. The van der Waals surface area contributed by atoms with Gasteiger partial charge >= 0.3 is 6.18 Å². The van der Waals surface area contributed by atoms with Crippen molar-refractivity contribution in [3.8, 4) is 17.6 Å². The third-order valence-electron chi connectivity index (χ3n) is 5.56. The van der Waals surface area contributed by atoms with Crippen molar-refractivity contribution in [2.24, 2.45) is 0 Å². The standard InChI is InChI=1S/C26H22F3N3O2/c1-34-24-12-6-20(18-19(24)5-9-22-4-2-3-13-30-22)25(33)32-16-14-31(15-17-32)23-10-7-21(8-11-23)26(27,28)29/h2-4,6-8,10-13,18H,14-17H2,1H3. The van der Waals surface area contributed by atoms with Gasteiger partial charge in [-0.25, -0.2) is 4.98 Å². The van der Waals surface area contributed by atoms with E-state index in [-0.39, 0.29) is 5.91 Å². The number of carbonyl (C=O) groups excluding carboxylic acids is 1. The Morgan fingerprint density at radius 2 is 1.71 bits per heavy atom. The molecule has 1 aliphatic rings. The molecule has 34 heavy (non-hydrogen) atoms. The number of ether oxygens (including phenoxy) is 1. The van der Waals surface area contributed by atoms with Crippen LogP contribution in [0.5, 0.6) is 5.75 Å². The summed E-state index contributed by atoms with van der Waals surface area (Å²) in [4.78, 5) is 21.0. The van der Waals surface area contributed by atoms with E-state index in [4.69, 9.17) is 4.74 Å². The summed E-state index contributed by atoms with van der Waals surface area (Å²) in [6, 6.07) is 15.7. The Balaban J connectivity index is 1.44. The van der Waals surface area contributed by atoms with Gasteiger partial charge in [0.2, 0.25) is 0 Å². The van der Waals surface area contributed by atoms with E-state index >= 15 is 0 Å². The van der Waals surface area contributed by atoms with Gasteiger partial charge in [-0.1, -0.05) is 12.0 Å². The number of halogens is 3. The van der Waals surface area contributed by atoms with E-state index in [2.05, 4.69) is 16.8 Å². The number of hydrogen-bond donors (Lipinski definition) is 0. The highest BCUT2D eigenvalue weighted by molar-refractivity contribution is 5.95. The minimum atomic E-state index is -4.36. The van der Waals surface area contributed by atoms with Crippen molar-refractivity contribution >= 4 is 11.6 Å². The molecular weight excluding hydrogens is 443 g/mol. The maximum absolute atomic E-state index is 13.1. The lowest BCUT2D eigenvalue weighted by molar-refractivity contribution is -0.137. The third kappa shape index (κ3) is 5.31. The molecule has 8 heteroatoms. The number of pyridine rings is 1. The Morgan fingerprint density at radius 3 is 2.32 bits per heavy atom. The molecule has 1 saturated heterocycles. The summed E-state index contributed by atoms with van der Waals surface area (Å²) in [6.07, 6.45) is -2.70. The molecule has 0 atom stereocenters. The first-order chi connectivity index (χ1) is 16.3.